The number of ether oxygens (including phenoxy) is 1. The molecule has 17 heavy (non-hydrogen) atoms. The molecule has 90 valence electrons. The first-order chi connectivity index (χ1) is 8.06. The largest absolute Gasteiger partial charge is 0.493 e. The van der Waals surface area contributed by atoms with Crippen LogP contribution < -0.4 is 10.5 Å². The van der Waals surface area contributed by atoms with Gasteiger partial charge in [0.2, 0.25) is 0 Å². The number of benzene rings is 1. The lowest BCUT2D eigenvalue weighted by Crippen LogP contribution is -2.13. The van der Waals surface area contributed by atoms with Crippen LogP contribution in [0.5, 0.6) is 5.75 Å². The smallest absolute Gasteiger partial charge is 0.124 e. The molecule has 1 saturated carbocycles. The van der Waals surface area contributed by atoms with Crippen LogP contribution in [0.4, 0.5) is 5.69 Å². The van der Waals surface area contributed by atoms with Crippen LogP contribution in [0.25, 0.3) is 0 Å². The second-order valence-corrected chi connectivity index (χ2v) is 5.10. The fourth-order valence-corrected chi connectivity index (χ4v) is 1.95. The maximum atomic E-state index is 8.75. The molecule has 0 amide bonds. The number of nitrogens with two attached hydrogens (primary N) is 1. The van der Waals surface area contributed by atoms with Crippen molar-refractivity contribution in [3.05, 3.63) is 23.3 Å². The van der Waals surface area contributed by atoms with Crippen molar-refractivity contribution in [2.75, 3.05) is 12.3 Å². The molecule has 1 aliphatic rings. The first-order valence-electron chi connectivity index (χ1n) is 5.93. The highest BCUT2D eigenvalue weighted by Crippen LogP contribution is 2.48. The van der Waals surface area contributed by atoms with E-state index in [1.807, 2.05) is 26.0 Å². The van der Waals surface area contributed by atoms with Gasteiger partial charge in [0.15, 0.2) is 0 Å². The van der Waals surface area contributed by atoms with Crippen molar-refractivity contribution in [3.8, 4) is 11.8 Å². The Morgan fingerprint density at radius 2 is 2.06 bits per heavy atom. The van der Waals surface area contributed by atoms with E-state index in [4.69, 9.17) is 15.7 Å². The average molecular weight is 230 g/mol. The summed E-state index contributed by atoms with van der Waals surface area (Å²) in [5, 5.41) is 8.75. The zero-order chi connectivity index (χ0) is 12.5. The van der Waals surface area contributed by atoms with Gasteiger partial charge in [0.05, 0.1) is 12.7 Å². The van der Waals surface area contributed by atoms with Gasteiger partial charge in [-0.05, 0) is 37.8 Å². The number of nitriles is 1. The number of nitrogen functional groups attached to an aromatic ring is 1. The lowest BCUT2D eigenvalue weighted by atomic mass is 10.1. The summed E-state index contributed by atoms with van der Waals surface area (Å²) in [5.41, 5.74) is 8.92. The SMILES string of the molecule is Cc1cc(C)c(OCC2(CC#N)CC2)cc1N. The van der Waals surface area contributed by atoms with Gasteiger partial charge in [0.1, 0.15) is 5.75 Å². The Morgan fingerprint density at radius 1 is 1.35 bits per heavy atom. The van der Waals surface area contributed by atoms with Gasteiger partial charge >= 0.3 is 0 Å². The molecule has 0 bridgehead atoms. The zero-order valence-corrected chi connectivity index (χ0v) is 10.4. The molecule has 2 rings (SSSR count). The molecule has 0 heterocycles. The lowest BCUT2D eigenvalue weighted by Gasteiger charge is -2.15. The molecule has 0 atom stereocenters. The van der Waals surface area contributed by atoms with Crippen molar-refractivity contribution in [2.24, 2.45) is 5.41 Å². The van der Waals surface area contributed by atoms with Gasteiger partial charge in [-0.15, -0.1) is 0 Å². The number of hydrogen-bond acceptors (Lipinski definition) is 3. The molecule has 1 aromatic rings. The van der Waals surface area contributed by atoms with E-state index in [0.29, 0.717) is 13.0 Å². The van der Waals surface area contributed by atoms with Gasteiger partial charge in [0.25, 0.3) is 0 Å². The van der Waals surface area contributed by atoms with Gasteiger partial charge in [-0.25, -0.2) is 0 Å². The average Bonchev–Trinajstić information content (AvgIpc) is 3.03. The summed E-state index contributed by atoms with van der Waals surface area (Å²) < 4.78 is 5.82. The van der Waals surface area contributed by atoms with Gasteiger partial charge in [-0.1, -0.05) is 6.07 Å². The van der Waals surface area contributed by atoms with Gasteiger partial charge in [-0.3, -0.25) is 0 Å². The molecular formula is C14H18N2O. The molecule has 1 aromatic carbocycles. The van der Waals surface area contributed by atoms with Crippen molar-refractivity contribution < 1.29 is 4.74 Å². The standard InChI is InChI=1S/C14H18N2O/c1-10-7-11(2)13(8-12(10)16)17-9-14(3-4-14)5-6-15/h7-8H,3-5,9,16H2,1-2H3. The molecule has 0 aliphatic heterocycles. The van der Waals surface area contributed by atoms with E-state index >= 15 is 0 Å². The van der Waals surface area contributed by atoms with E-state index in [2.05, 4.69) is 6.07 Å². The van der Waals surface area contributed by atoms with E-state index in [9.17, 15) is 0 Å². The Bertz CT molecular complexity index is 470. The minimum atomic E-state index is 0.112. The fraction of sp³-hybridized carbons (Fsp3) is 0.500. The first-order valence-corrected chi connectivity index (χ1v) is 5.93. The highest BCUT2D eigenvalue weighted by molar-refractivity contribution is 5.54. The minimum Gasteiger partial charge on any atom is -0.493 e. The monoisotopic (exact) mass is 230 g/mol. The summed E-state index contributed by atoms with van der Waals surface area (Å²) in [7, 11) is 0. The number of anilines is 1. The Kier molecular flexibility index (Phi) is 2.97. The third-order valence-electron chi connectivity index (χ3n) is 3.51. The molecule has 1 fully saturated rings. The van der Waals surface area contributed by atoms with E-state index in [0.717, 1.165) is 35.4 Å². The molecule has 3 nitrogen and oxygen atoms in total. The van der Waals surface area contributed by atoms with E-state index < -0.39 is 0 Å². The van der Waals surface area contributed by atoms with Crippen molar-refractivity contribution in [1.82, 2.24) is 0 Å². The van der Waals surface area contributed by atoms with E-state index in [1.165, 1.54) is 0 Å². The van der Waals surface area contributed by atoms with Crippen molar-refractivity contribution >= 4 is 5.69 Å². The first kappa shape index (κ1) is 11.8. The molecule has 0 aromatic heterocycles. The fourth-order valence-electron chi connectivity index (χ4n) is 1.95. The summed E-state index contributed by atoms with van der Waals surface area (Å²) in [6, 6.07) is 6.16. The van der Waals surface area contributed by atoms with Crippen LogP contribution in [0.2, 0.25) is 0 Å². The van der Waals surface area contributed by atoms with Crippen LogP contribution in [0, 0.1) is 30.6 Å². The van der Waals surface area contributed by atoms with Crippen LogP contribution in [-0.4, -0.2) is 6.61 Å². The predicted molar refractivity (Wildman–Crippen MR) is 67.7 cm³/mol. The minimum absolute atomic E-state index is 0.112. The van der Waals surface area contributed by atoms with E-state index in [1.54, 1.807) is 0 Å². The molecule has 0 spiro atoms. The maximum Gasteiger partial charge on any atom is 0.124 e. The third kappa shape index (κ3) is 2.52. The highest BCUT2D eigenvalue weighted by atomic mass is 16.5. The Morgan fingerprint density at radius 3 is 2.65 bits per heavy atom. The highest BCUT2D eigenvalue weighted by Gasteiger charge is 2.43. The van der Waals surface area contributed by atoms with Crippen molar-refractivity contribution in [3.63, 3.8) is 0 Å². The summed E-state index contributed by atoms with van der Waals surface area (Å²) in [5.74, 6) is 0.845. The maximum absolute atomic E-state index is 8.75. The van der Waals surface area contributed by atoms with Crippen LogP contribution in [0.3, 0.4) is 0 Å². The summed E-state index contributed by atoms with van der Waals surface area (Å²) in [6.45, 7) is 4.64. The summed E-state index contributed by atoms with van der Waals surface area (Å²) in [4.78, 5) is 0. The van der Waals surface area contributed by atoms with Crippen molar-refractivity contribution in [2.45, 2.75) is 33.1 Å². The molecular weight excluding hydrogens is 212 g/mol. The van der Waals surface area contributed by atoms with Crippen LogP contribution in [0.1, 0.15) is 30.4 Å². The number of aryl methyl sites for hydroxylation is 2. The predicted octanol–water partition coefficient (Wildman–Crippen LogP) is 2.96. The second kappa shape index (κ2) is 4.29. The van der Waals surface area contributed by atoms with Crippen LogP contribution >= 0.6 is 0 Å². The zero-order valence-electron chi connectivity index (χ0n) is 10.4. The summed E-state index contributed by atoms with van der Waals surface area (Å²) >= 11 is 0. The number of hydrogen-bond donors (Lipinski definition) is 1. The second-order valence-electron chi connectivity index (χ2n) is 5.10. The van der Waals surface area contributed by atoms with Crippen LogP contribution in [-0.2, 0) is 0 Å². The normalized spacial score (nSPS) is 16.3. The molecule has 2 N–H and O–H groups in total. The van der Waals surface area contributed by atoms with Gasteiger partial charge in [0, 0.05) is 23.6 Å². The Labute approximate surface area is 102 Å². The molecule has 1 aliphatic carbocycles. The lowest BCUT2D eigenvalue weighted by molar-refractivity contribution is 0.235. The van der Waals surface area contributed by atoms with E-state index in [-0.39, 0.29) is 5.41 Å². The molecule has 0 saturated heterocycles. The quantitative estimate of drug-likeness (QED) is 0.809. The van der Waals surface area contributed by atoms with Crippen molar-refractivity contribution in [1.29, 1.82) is 5.26 Å². The summed E-state index contributed by atoms with van der Waals surface area (Å²) in [6.07, 6.45) is 2.79. The topological polar surface area (TPSA) is 59.0 Å². The van der Waals surface area contributed by atoms with Gasteiger partial charge in [-0.2, -0.15) is 5.26 Å². The number of nitrogens with zero attached hydrogens (tertiary/aromatic N) is 1. The Hall–Kier alpha value is -1.69. The molecule has 0 unspecified atom stereocenters. The Balaban J connectivity index is 2.05. The molecule has 3 heteroatoms. The van der Waals surface area contributed by atoms with Gasteiger partial charge < -0.3 is 10.5 Å². The van der Waals surface area contributed by atoms with Crippen LogP contribution in [0.15, 0.2) is 12.1 Å². The third-order valence-corrected chi connectivity index (χ3v) is 3.51. The molecule has 0 radical (unpaired) electrons. The number of rotatable bonds is 4.